The molecule has 1 atom stereocenters. The lowest BCUT2D eigenvalue weighted by molar-refractivity contribution is -0.0215. The van der Waals surface area contributed by atoms with Gasteiger partial charge in [-0.2, -0.15) is 0 Å². The molecule has 2 aromatic rings. The third-order valence-electron chi connectivity index (χ3n) is 3.07. The van der Waals surface area contributed by atoms with Gasteiger partial charge >= 0.3 is 0 Å². The molecule has 0 bridgehead atoms. The van der Waals surface area contributed by atoms with Crippen LogP contribution in [0.1, 0.15) is 12.6 Å². The minimum atomic E-state index is -0.00226. The van der Waals surface area contributed by atoms with E-state index in [0.717, 1.165) is 36.9 Å². The van der Waals surface area contributed by atoms with Crippen LogP contribution in [-0.2, 0) is 11.3 Å². The average Bonchev–Trinajstić information content (AvgIpc) is 2.77. The Morgan fingerprint density at radius 1 is 1.61 bits per heavy atom. The maximum atomic E-state index is 11.9. The SMILES string of the molecule is C[C@H]1CN(Cc2cc(=O)n3ccsc3n2)CCO1. The van der Waals surface area contributed by atoms with Crippen LogP contribution >= 0.6 is 11.3 Å². The second-order valence-electron chi connectivity index (χ2n) is 4.56. The van der Waals surface area contributed by atoms with Crippen LogP contribution in [0.4, 0.5) is 0 Å². The molecule has 0 spiro atoms. The highest BCUT2D eigenvalue weighted by Gasteiger charge is 2.17. The van der Waals surface area contributed by atoms with Gasteiger partial charge in [-0.1, -0.05) is 0 Å². The predicted octanol–water partition coefficient (Wildman–Crippen LogP) is 0.977. The maximum absolute atomic E-state index is 11.9. The Labute approximate surface area is 109 Å². The standard InChI is InChI=1S/C12H15N3O2S/c1-9-7-14(2-4-17-9)8-10-6-11(16)15-3-5-18-12(15)13-10/h3,5-6,9H,2,4,7-8H2,1H3/t9-/m0/s1. The van der Waals surface area contributed by atoms with Crippen molar-refractivity contribution in [3.05, 3.63) is 33.7 Å². The zero-order chi connectivity index (χ0) is 12.5. The van der Waals surface area contributed by atoms with Crippen molar-refractivity contribution in [3.63, 3.8) is 0 Å². The number of thiazole rings is 1. The van der Waals surface area contributed by atoms with Crippen LogP contribution in [0.25, 0.3) is 4.96 Å². The molecular weight excluding hydrogens is 250 g/mol. The summed E-state index contributed by atoms with van der Waals surface area (Å²) in [4.78, 5) is 19.4. The summed E-state index contributed by atoms with van der Waals surface area (Å²) in [6.07, 6.45) is 2.01. The van der Waals surface area contributed by atoms with Gasteiger partial charge in [-0.25, -0.2) is 4.98 Å². The third kappa shape index (κ3) is 2.31. The van der Waals surface area contributed by atoms with Crippen molar-refractivity contribution in [1.82, 2.24) is 14.3 Å². The highest BCUT2D eigenvalue weighted by Crippen LogP contribution is 2.10. The fourth-order valence-electron chi connectivity index (χ4n) is 2.23. The van der Waals surface area contributed by atoms with E-state index in [-0.39, 0.29) is 11.7 Å². The van der Waals surface area contributed by atoms with Crippen molar-refractivity contribution >= 4 is 16.3 Å². The summed E-state index contributed by atoms with van der Waals surface area (Å²) in [7, 11) is 0. The van der Waals surface area contributed by atoms with Crippen molar-refractivity contribution in [1.29, 1.82) is 0 Å². The Hall–Kier alpha value is -1.24. The lowest BCUT2D eigenvalue weighted by Gasteiger charge is -2.30. The van der Waals surface area contributed by atoms with E-state index < -0.39 is 0 Å². The van der Waals surface area contributed by atoms with Crippen molar-refractivity contribution in [2.24, 2.45) is 0 Å². The van der Waals surface area contributed by atoms with Crippen LogP contribution < -0.4 is 5.56 Å². The molecule has 3 heterocycles. The van der Waals surface area contributed by atoms with E-state index in [9.17, 15) is 4.79 Å². The minimum absolute atomic E-state index is 0.00226. The van der Waals surface area contributed by atoms with Crippen molar-refractivity contribution in [2.75, 3.05) is 19.7 Å². The van der Waals surface area contributed by atoms with Crippen molar-refractivity contribution < 1.29 is 4.74 Å². The number of ether oxygens (including phenoxy) is 1. The van der Waals surface area contributed by atoms with Gasteiger partial charge < -0.3 is 4.74 Å². The highest BCUT2D eigenvalue weighted by atomic mass is 32.1. The number of hydrogen-bond acceptors (Lipinski definition) is 5. The van der Waals surface area contributed by atoms with Crippen LogP contribution in [0, 0.1) is 0 Å². The van der Waals surface area contributed by atoms with Crippen LogP contribution in [0.2, 0.25) is 0 Å². The predicted molar refractivity (Wildman–Crippen MR) is 70.0 cm³/mol. The minimum Gasteiger partial charge on any atom is -0.376 e. The quantitative estimate of drug-likeness (QED) is 0.812. The summed E-state index contributed by atoms with van der Waals surface area (Å²) >= 11 is 1.49. The number of hydrogen-bond donors (Lipinski definition) is 0. The summed E-state index contributed by atoms with van der Waals surface area (Å²) in [6, 6.07) is 1.62. The number of rotatable bonds is 2. The molecule has 0 radical (unpaired) electrons. The van der Waals surface area contributed by atoms with Gasteiger partial charge in [-0.3, -0.25) is 14.1 Å². The number of fused-ring (bicyclic) bond motifs is 1. The van der Waals surface area contributed by atoms with Gasteiger partial charge in [0, 0.05) is 37.3 Å². The molecule has 1 aliphatic heterocycles. The Morgan fingerprint density at radius 3 is 3.33 bits per heavy atom. The fourth-order valence-corrected chi connectivity index (χ4v) is 2.97. The number of nitrogens with zero attached hydrogens (tertiary/aromatic N) is 3. The van der Waals surface area contributed by atoms with Gasteiger partial charge in [0.15, 0.2) is 4.96 Å². The molecule has 5 nitrogen and oxygen atoms in total. The smallest absolute Gasteiger partial charge is 0.258 e. The Balaban J connectivity index is 1.83. The van der Waals surface area contributed by atoms with E-state index in [1.165, 1.54) is 11.3 Å². The molecule has 0 amide bonds. The third-order valence-corrected chi connectivity index (χ3v) is 3.82. The van der Waals surface area contributed by atoms with E-state index in [1.807, 2.05) is 5.38 Å². The molecule has 6 heteroatoms. The maximum Gasteiger partial charge on any atom is 0.258 e. The Morgan fingerprint density at radius 2 is 2.50 bits per heavy atom. The van der Waals surface area contributed by atoms with Gasteiger partial charge in [0.1, 0.15) is 0 Å². The van der Waals surface area contributed by atoms with Crippen LogP contribution in [-0.4, -0.2) is 40.1 Å². The lowest BCUT2D eigenvalue weighted by Crippen LogP contribution is -2.40. The van der Waals surface area contributed by atoms with E-state index in [1.54, 1.807) is 16.7 Å². The largest absolute Gasteiger partial charge is 0.376 e. The van der Waals surface area contributed by atoms with Crippen molar-refractivity contribution in [3.8, 4) is 0 Å². The van der Waals surface area contributed by atoms with Gasteiger partial charge in [0.25, 0.3) is 5.56 Å². The summed E-state index contributed by atoms with van der Waals surface area (Å²) in [5.41, 5.74) is 0.842. The molecule has 96 valence electrons. The van der Waals surface area contributed by atoms with Crippen LogP contribution in [0.15, 0.2) is 22.4 Å². The van der Waals surface area contributed by atoms with Crippen molar-refractivity contribution in [2.45, 2.75) is 19.6 Å². The van der Waals surface area contributed by atoms with Gasteiger partial charge in [-0.15, -0.1) is 11.3 Å². The molecule has 0 aromatic carbocycles. The second-order valence-corrected chi connectivity index (χ2v) is 5.43. The summed E-state index contributed by atoms with van der Waals surface area (Å²) < 4.78 is 7.08. The number of aromatic nitrogens is 2. The van der Waals surface area contributed by atoms with Crippen LogP contribution in [0.5, 0.6) is 0 Å². The monoisotopic (exact) mass is 265 g/mol. The van der Waals surface area contributed by atoms with E-state index in [4.69, 9.17) is 4.74 Å². The summed E-state index contributed by atoms with van der Waals surface area (Å²) in [6.45, 7) is 5.33. The van der Waals surface area contributed by atoms with Gasteiger partial charge in [0.05, 0.1) is 18.4 Å². The number of morpholine rings is 1. The Kier molecular flexibility index (Phi) is 3.15. The first kappa shape index (κ1) is 11.8. The highest BCUT2D eigenvalue weighted by molar-refractivity contribution is 7.15. The van der Waals surface area contributed by atoms with Gasteiger partial charge in [0.2, 0.25) is 0 Å². The zero-order valence-electron chi connectivity index (χ0n) is 10.2. The molecule has 0 unspecified atom stereocenters. The van der Waals surface area contributed by atoms with Gasteiger partial charge in [-0.05, 0) is 6.92 Å². The molecule has 1 aliphatic rings. The first-order valence-corrected chi connectivity index (χ1v) is 6.90. The van der Waals surface area contributed by atoms with E-state index in [2.05, 4.69) is 16.8 Å². The fraction of sp³-hybridized carbons (Fsp3) is 0.500. The normalized spacial score (nSPS) is 21.5. The summed E-state index contributed by atoms with van der Waals surface area (Å²) in [5.74, 6) is 0. The first-order valence-electron chi connectivity index (χ1n) is 6.02. The molecule has 18 heavy (non-hydrogen) atoms. The zero-order valence-corrected chi connectivity index (χ0v) is 11.0. The van der Waals surface area contributed by atoms with E-state index >= 15 is 0 Å². The lowest BCUT2D eigenvalue weighted by atomic mass is 10.3. The molecule has 1 saturated heterocycles. The molecule has 0 aliphatic carbocycles. The molecule has 3 rings (SSSR count). The first-order chi connectivity index (χ1) is 8.72. The molecule has 0 saturated carbocycles. The molecule has 2 aromatic heterocycles. The molecule has 1 fully saturated rings. The van der Waals surface area contributed by atoms with E-state index in [0.29, 0.717) is 0 Å². The second kappa shape index (κ2) is 4.79. The topological polar surface area (TPSA) is 46.8 Å². The molecular formula is C12H15N3O2S. The summed E-state index contributed by atoms with van der Waals surface area (Å²) in [5, 5.41) is 1.88. The average molecular weight is 265 g/mol. The molecule has 0 N–H and O–H groups in total. The Bertz CT molecular complexity index is 607. The van der Waals surface area contributed by atoms with Crippen LogP contribution in [0.3, 0.4) is 0 Å².